The Kier molecular flexibility index (Phi) is 5.34. The van der Waals surface area contributed by atoms with Crippen LogP contribution in [0.1, 0.15) is 39.9 Å². The lowest BCUT2D eigenvalue weighted by atomic mass is 10.0. The lowest BCUT2D eigenvalue weighted by molar-refractivity contribution is 0.0741. The third-order valence-electron chi connectivity index (χ3n) is 4.72. The molecule has 1 aliphatic rings. The molecule has 2 N–H and O–H groups in total. The van der Waals surface area contributed by atoms with E-state index in [1.54, 1.807) is 12.4 Å². The van der Waals surface area contributed by atoms with Crippen LogP contribution in [0.5, 0.6) is 5.75 Å². The van der Waals surface area contributed by atoms with Gasteiger partial charge in [0.2, 0.25) is 0 Å². The number of aromatic nitrogens is 1. The Bertz CT molecular complexity index is 723. The van der Waals surface area contributed by atoms with Gasteiger partial charge >= 0.3 is 0 Å². The predicted octanol–water partition coefficient (Wildman–Crippen LogP) is 2.84. The summed E-state index contributed by atoms with van der Waals surface area (Å²) in [5.41, 5.74) is 9.47. The first-order chi connectivity index (χ1) is 12.1. The van der Waals surface area contributed by atoms with Crippen molar-refractivity contribution in [3.05, 3.63) is 58.9 Å². The van der Waals surface area contributed by atoms with Crippen LogP contribution < -0.4 is 10.5 Å². The summed E-state index contributed by atoms with van der Waals surface area (Å²) in [6.45, 7) is 5.73. The van der Waals surface area contributed by atoms with Crippen LogP contribution in [-0.4, -0.2) is 34.9 Å². The molecule has 0 aliphatic carbocycles. The second-order valence-electron chi connectivity index (χ2n) is 6.62. The van der Waals surface area contributed by atoms with Crippen LogP contribution in [0.15, 0.2) is 36.7 Å². The number of benzene rings is 1. The molecule has 3 rings (SSSR count). The SMILES string of the molecule is Cc1cc(C(=O)N2CCCC2CN)cc(C)c1OCc1cccnc1. The fourth-order valence-corrected chi connectivity index (χ4v) is 3.45. The number of pyridine rings is 1. The molecule has 1 fully saturated rings. The minimum absolute atomic E-state index is 0.0676. The molecular weight excluding hydrogens is 314 g/mol. The highest BCUT2D eigenvalue weighted by atomic mass is 16.5. The molecule has 0 bridgehead atoms. The minimum Gasteiger partial charge on any atom is -0.488 e. The number of likely N-dealkylation sites (tertiary alicyclic amines) is 1. The second kappa shape index (κ2) is 7.66. The highest BCUT2D eigenvalue weighted by Crippen LogP contribution is 2.28. The Morgan fingerprint density at radius 1 is 1.36 bits per heavy atom. The van der Waals surface area contributed by atoms with Crippen molar-refractivity contribution in [2.45, 2.75) is 39.3 Å². The normalized spacial score (nSPS) is 16.9. The van der Waals surface area contributed by atoms with Gasteiger partial charge in [-0.15, -0.1) is 0 Å². The molecule has 2 aromatic rings. The highest BCUT2D eigenvalue weighted by Gasteiger charge is 2.28. The smallest absolute Gasteiger partial charge is 0.254 e. The number of hydrogen-bond donors (Lipinski definition) is 1. The van der Waals surface area contributed by atoms with Crippen molar-refractivity contribution < 1.29 is 9.53 Å². The van der Waals surface area contributed by atoms with Gasteiger partial charge in [-0.25, -0.2) is 0 Å². The van der Waals surface area contributed by atoms with Crippen molar-refractivity contribution in [2.24, 2.45) is 5.73 Å². The van der Waals surface area contributed by atoms with E-state index in [1.165, 1.54) is 0 Å². The summed E-state index contributed by atoms with van der Waals surface area (Å²) < 4.78 is 5.97. The average Bonchev–Trinajstić information content (AvgIpc) is 3.09. The number of hydrogen-bond acceptors (Lipinski definition) is 4. The minimum atomic E-state index is 0.0676. The Balaban J connectivity index is 1.76. The number of amides is 1. The van der Waals surface area contributed by atoms with Crippen LogP contribution in [0.25, 0.3) is 0 Å². The first kappa shape index (κ1) is 17.4. The van der Waals surface area contributed by atoms with Crippen molar-refractivity contribution >= 4 is 5.91 Å². The summed E-state index contributed by atoms with van der Waals surface area (Å²) in [5.74, 6) is 0.898. The molecule has 5 nitrogen and oxygen atoms in total. The quantitative estimate of drug-likeness (QED) is 0.909. The van der Waals surface area contributed by atoms with E-state index < -0.39 is 0 Å². The zero-order valence-corrected chi connectivity index (χ0v) is 14.9. The maximum atomic E-state index is 12.8. The fourth-order valence-electron chi connectivity index (χ4n) is 3.45. The van der Waals surface area contributed by atoms with Crippen LogP contribution in [0.2, 0.25) is 0 Å². The van der Waals surface area contributed by atoms with E-state index in [9.17, 15) is 4.79 Å². The number of nitrogens with zero attached hydrogens (tertiary/aromatic N) is 2. The van der Waals surface area contributed by atoms with Crippen molar-refractivity contribution in [1.82, 2.24) is 9.88 Å². The van der Waals surface area contributed by atoms with Crippen molar-refractivity contribution in [3.8, 4) is 5.75 Å². The fraction of sp³-hybridized carbons (Fsp3) is 0.400. The van der Waals surface area contributed by atoms with E-state index >= 15 is 0 Å². The summed E-state index contributed by atoms with van der Waals surface area (Å²) in [4.78, 5) is 18.8. The molecule has 0 radical (unpaired) electrons. The van der Waals surface area contributed by atoms with Gasteiger partial charge in [0, 0.05) is 42.7 Å². The van der Waals surface area contributed by atoms with Gasteiger partial charge in [0.1, 0.15) is 12.4 Å². The average molecular weight is 339 g/mol. The van der Waals surface area contributed by atoms with E-state index in [2.05, 4.69) is 4.98 Å². The first-order valence-corrected chi connectivity index (χ1v) is 8.74. The maximum absolute atomic E-state index is 12.8. The van der Waals surface area contributed by atoms with Gasteiger partial charge in [-0.1, -0.05) is 6.07 Å². The largest absolute Gasteiger partial charge is 0.488 e. The van der Waals surface area contributed by atoms with Crippen molar-refractivity contribution in [3.63, 3.8) is 0 Å². The maximum Gasteiger partial charge on any atom is 0.254 e. The molecule has 132 valence electrons. The van der Waals surface area contributed by atoms with Crippen LogP contribution in [0.3, 0.4) is 0 Å². The number of carbonyl (C=O) groups is 1. The molecule has 25 heavy (non-hydrogen) atoms. The summed E-state index contributed by atoms with van der Waals surface area (Å²) in [5, 5.41) is 0. The number of nitrogens with two attached hydrogens (primary N) is 1. The van der Waals surface area contributed by atoms with Crippen LogP contribution in [0.4, 0.5) is 0 Å². The molecular formula is C20H25N3O2. The van der Waals surface area contributed by atoms with Crippen LogP contribution in [-0.2, 0) is 6.61 Å². The van der Waals surface area contributed by atoms with Gasteiger partial charge in [0.05, 0.1) is 0 Å². The molecule has 1 amide bonds. The molecule has 1 unspecified atom stereocenters. The molecule has 1 aromatic carbocycles. The Morgan fingerprint density at radius 3 is 2.76 bits per heavy atom. The van der Waals surface area contributed by atoms with Crippen LogP contribution in [0, 0.1) is 13.8 Å². The standard InChI is InChI=1S/C20H25N3O2/c1-14-9-17(20(24)23-8-4-6-18(23)11-21)10-15(2)19(14)25-13-16-5-3-7-22-12-16/h3,5,7,9-10,12,18H,4,6,8,11,13,21H2,1-2H3. The molecule has 0 saturated carbocycles. The predicted molar refractivity (Wildman–Crippen MR) is 97.6 cm³/mol. The molecule has 1 atom stereocenters. The monoisotopic (exact) mass is 339 g/mol. The number of ether oxygens (including phenoxy) is 1. The summed E-state index contributed by atoms with van der Waals surface area (Å²) >= 11 is 0. The van der Waals surface area contributed by atoms with Gasteiger partial charge < -0.3 is 15.4 Å². The Labute approximate surface area is 148 Å². The number of rotatable bonds is 5. The van der Waals surface area contributed by atoms with Crippen molar-refractivity contribution in [1.29, 1.82) is 0 Å². The van der Waals surface area contributed by atoms with E-state index in [0.717, 1.165) is 41.8 Å². The van der Waals surface area contributed by atoms with Crippen molar-refractivity contribution in [2.75, 3.05) is 13.1 Å². The van der Waals surface area contributed by atoms with Gasteiger partial charge in [0.15, 0.2) is 0 Å². The molecule has 0 spiro atoms. The first-order valence-electron chi connectivity index (χ1n) is 8.74. The van der Waals surface area contributed by atoms with Gasteiger partial charge in [-0.2, -0.15) is 0 Å². The topological polar surface area (TPSA) is 68.5 Å². The lowest BCUT2D eigenvalue weighted by Gasteiger charge is -2.24. The molecule has 5 heteroatoms. The molecule has 1 aromatic heterocycles. The molecule has 2 heterocycles. The second-order valence-corrected chi connectivity index (χ2v) is 6.62. The third kappa shape index (κ3) is 3.82. The Hall–Kier alpha value is -2.40. The molecule has 1 saturated heterocycles. The summed E-state index contributed by atoms with van der Waals surface area (Å²) in [6.07, 6.45) is 5.56. The van der Waals surface area contributed by atoms with E-state index in [0.29, 0.717) is 18.7 Å². The Morgan fingerprint density at radius 2 is 2.12 bits per heavy atom. The zero-order valence-electron chi connectivity index (χ0n) is 14.9. The number of carbonyl (C=O) groups excluding carboxylic acids is 1. The van der Waals surface area contributed by atoms with Gasteiger partial charge in [-0.05, 0) is 56.0 Å². The summed E-state index contributed by atoms with van der Waals surface area (Å²) in [7, 11) is 0. The third-order valence-corrected chi connectivity index (χ3v) is 4.72. The van der Waals surface area contributed by atoms with E-state index in [-0.39, 0.29) is 11.9 Å². The zero-order chi connectivity index (χ0) is 17.8. The van der Waals surface area contributed by atoms with E-state index in [4.69, 9.17) is 10.5 Å². The van der Waals surface area contributed by atoms with Gasteiger partial charge in [-0.3, -0.25) is 9.78 Å². The summed E-state index contributed by atoms with van der Waals surface area (Å²) in [6, 6.07) is 7.87. The lowest BCUT2D eigenvalue weighted by Crippen LogP contribution is -2.39. The molecule has 1 aliphatic heterocycles. The number of aryl methyl sites for hydroxylation is 2. The van der Waals surface area contributed by atoms with Gasteiger partial charge in [0.25, 0.3) is 5.91 Å². The van der Waals surface area contributed by atoms with Crippen LogP contribution >= 0.6 is 0 Å². The van der Waals surface area contributed by atoms with E-state index in [1.807, 2.05) is 43.0 Å². The highest BCUT2D eigenvalue weighted by molar-refractivity contribution is 5.95.